The van der Waals surface area contributed by atoms with Gasteiger partial charge in [-0.15, -0.1) is 0 Å². The summed E-state index contributed by atoms with van der Waals surface area (Å²) < 4.78 is 0. The zero-order valence-electron chi connectivity index (χ0n) is 9.13. The van der Waals surface area contributed by atoms with E-state index in [1.54, 1.807) is 0 Å². The van der Waals surface area contributed by atoms with Crippen LogP contribution in [-0.4, -0.2) is 25.5 Å². The first-order valence-corrected chi connectivity index (χ1v) is 4.93. The first-order chi connectivity index (χ1) is 6.56. The molecule has 1 unspecified atom stereocenters. The Hall–Kier alpha value is -1.08. The molecule has 0 aromatic rings. The minimum absolute atomic E-state index is 0.0103. The fourth-order valence-electron chi connectivity index (χ4n) is 0.828. The molecule has 0 aromatic carbocycles. The molecule has 0 saturated carbocycles. The monoisotopic (exact) mass is 197 g/mol. The van der Waals surface area contributed by atoms with Gasteiger partial charge in [0.1, 0.15) is 0 Å². The number of amides is 1. The van der Waals surface area contributed by atoms with Gasteiger partial charge in [-0.2, -0.15) is 5.26 Å². The summed E-state index contributed by atoms with van der Waals surface area (Å²) in [7, 11) is 0. The highest BCUT2D eigenvalue weighted by Gasteiger charge is 2.03. The van der Waals surface area contributed by atoms with Gasteiger partial charge in [-0.05, 0) is 12.8 Å². The van der Waals surface area contributed by atoms with Crippen LogP contribution >= 0.6 is 0 Å². The number of carbonyl (C=O) groups excluding carboxylic acids is 1. The molecule has 80 valence electrons. The molecule has 14 heavy (non-hydrogen) atoms. The van der Waals surface area contributed by atoms with Crippen LogP contribution in [0.3, 0.4) is 0 Å². The van der Waals surface area contributed by atoms with E-state index in [0.29, 0.717) is 25.6 Å². The van der Waals surface area contributed by atoms with Crippen LogP contribution in [0.5, 0.6) is 0 Å². The zero-order chi connectivity index (χ0) is 11.0. The zero-order valence-corrected chi connectivity index (χ0v) is 9.13. The van der Waals surface area contributed by atoms with E-state index >= 15 is 0 Å². The molecule has 0 aliphatic rings. The third kappa shape index (κ3) is 7.56. The van der Waals surface area contributed by atoms with Crippen LogP contribution in [0.25, 0.3) is 0 Å². The smallest absolute Gasteiger partial charge is 0.233 e. The summed E-state index contributed by atoms with van der Waals surface area (Å²) in [5.41, 5.74) is 0. The highest BCUT2D eigenvalue weighted by atomic mass is 16.1. The van der Waals surface area contributed by atoms with Gasteiger partial charge in [0.2, 0.25) is 5.91 Å². The van der Waals surface area contributed by atoms with E-state index in [9.17, 15) is 4.79 Å². The van der Waals surface area contributed by atoms with Crippen molar-refractivity contribution in [3.63, 3.8) is 0 Å². The quantitative estimate of drug-likeness (QED) is 0.652. The Morgan fingerprint density at radius 3 is 2.50 bits per heavy atom. The Labute approximate surface area is 85.7 Å². The summed E-state index contributed by atoms with van der Waals surface area (Å²) in [6, 6.07) is 2.09. The van der Waals surface area contributed by atoms with Crippen molar-refractivity contribution in [1.82, 2.24) is 10.6 Å². The minimum atomic E-state index is -0.0482. The lowest BCUT2D eigenvalue weighted by atomic mass is 10.2. The largest absolute Gasteiger partial charge is 0.355 e. The Bertz CT molecular complexity index is 208. The Morgan fingerprint density at radius 2 is 2.00 bits per heavy atom. The lowest BCUT2D eigenvalue weighted by molar-refractivity contribution is -0.120. The molecule has 2 N–H and O–H groups in total. The van der Waals surface area contributed by atoms with E-state index in [1.165, 1.54) is 0 Å². The van der Waals surface area contributed by atoms with Gasteiger partial charge in [-0.3, -0.25) is 4.79 Å². The number of carbonyl (C=O) groups is 1. The second kappa shape index (κ2) is 7.34. The molecule has 1 atom stereocenters. The highest BCUT2D eigenvalue weighted by molar-refractivity contribution is 5.77. The van der Waals surface area contributed by atoms with Gasteiger partial charge in [-0.25, -0.2) is 0 Å². The molecule has 0 spiro atoms. The van der Waals surface area contributed by atoms with Gasteiger partial charge in [0.15, 0.2) is 0 Å². The third-order valence-corrected chi connectivity index (χ3v) is 1.66. The maximum atomic E-state index is 11.2. The minimum Gasteiger partial charge on any atom is -0.355 e. The van der Waals surface area contributed by atoms with Crippen molar-refractivity contribution in [3.8, 4) is 6.07 Å². The van der Waals surface area contributed by atoms with E-state index in [2.05, 4.69) is 16.7 Å². The normalized spacial score (nSPS) is 12.2. The molecule has 0 fully saturated rings. The topological polar surface area (TPSA) is 64.9 Å². The number of hydrogen-bond donors (Lipinski definition) is 2. The molecule has 0 aromatic heterocycles. The van der Waals surface area contributed by atoms with Gasteiger partial charge >= 0.3 is 0 Å². The molecular formula is C10H19N3O. The molecule has 1 amide bonds. The van der Waals surface area contributed by atoms with E-state index in [4.69, 9.17) is 5.26 Å². The van der Waals surface area contributed by atoms with E-state index in [-0.39, 0.29) is 11.8 Å². The van der Waals surface area contributed by atoms with Crippen molar-refractivity contribution in [2.75, 3.05) is 19.6 Å². The second-order valence-electron chi connectivity index (χ2n) is 3.86. The fourth-order valence-corrected chi connectivity index (χ4v) is 0.828. The van der Waals surface area contributed by atoms with Crippen molar-refractivity contribution in [3.05, 3.63) is 0 Å². The molecular weight excluding hydrogens is 178 g/mol. The Kier molecular flexibility index (Phi) is 6.77. The van der Waals surface area contributed by atoms with Crippen LogP contribution in [0, 0.1) is 23.2 Å². The van der Waals surface area contributed by atoms with Crippen molar-refractivity contribution in [2.45, 2.75) is 20.8 Å². The average molecular weight is 197 g/mol. The molecule has 4 heteroatoms. The fraction of sp³-hybridized carbons (Fsp3) is 0.800. The van der Waals surface area contributed by atoms with Crippen molar-refractivity contribution >= 4 is 5.91 Å². The molecule has 0 saturated heterocycles. The lowest BCUT2D eigenvalue weighted by Crippen LogP contribution is -2.37. The standard InChI is InChI=1S/C10H19N3O/c1-8(2)5-13-10(14)7-12-6-9(3)4-11/h8-9,12H,5-7H2,1-3H3,(H,13,14). The summed E-state index contributed by atoms with van der Waals surface area (Å²) in [4.78, 5) is 11.2. The maximum Gasteiger partial charge on any atom is 0.233 e. The summed E-state index contributed by atoms with van der Waals surface area (Å²) in [5, 5.41) is 14.2. The lowest BCUT2D eigenvalue weighted by Gasteiger charge is -2.08. The number of nitriles is 1. The molecule has 4 nitrogen and oxygen atoms in total. The van der Waals surface area contributed by atoms with Crippen LogP contribution in [0.2, 0.25) is 0 Å². The van der Waals surface area contributed by atoms with E-state index in [1.807, 2.05) is 20.8 Å². The van der Waals surface area contributed by atoms with Gasteiger partial charge < -0.3 is 10.6 Å². The summed E-state index contributed by atoms with van der Waals surface area (Å²) >= 11 is 0. The van der Waals surface area contributed by atoms with Crippen molar-refractivity contribution < 1.29 is 4.79 Å². The Balaban J connectivity index is 3.41. The van der Waals surface area contributed by atoms with Gasteiger partial charge in [-0.1, -0.05) is 13.8 Å². The van der Waals surface area contributed by atoms with Crippen LogP contribution < -0.4 is 10.6 Å². The predicted molar refractivity (Wildman–Crippen MR) is 55.5 cm³/mol. The van der Waals surface area contributed by atoms with E-state index < -0.39 is 0 Å². The molecule has 0 rings (SSSR count). The molecule has 0 bridgehead atoms. The maximum absolute atomic E-state index is 11.2. The summed E-state index contributed by atoms with van der Waals surface area (Å²) in [6.07, 6.45) is 0. The van der Waals surface area contributed by atoms with Crippen LogP contribution in [0.1, 0.15) is 20.8 Å². The number of nitrogens with one attached hydrogen (secondary N) is 2. The SMILES string of the molecule is CC(C)CNC(=O)CNCC(C)C#N. The molecule has 0 radical (unpaired) electrons. The number of rotatable bonds is 6. The predicted octanol–water partition coefficient (Wildman–Crippen LogP) is 0.508. The third-order valence-electron chi connectivity index (χ3n) is 1.66. The average Bonchev–Trinajstić information content (AvgIpc) is 2.14. The molecule has 0 heterocycles. The first-order valence-electron chi connectivity index (χ1n) is 4.93. The molecule has 0 aliphatic heterocycles. The molecule has 0 aliphatic carbocycles. The van der Waals surface area contributed by atoms with Gasteiger partial charge in [0.05, 0.1) is 18.5 Å². The van der Waals surface area contributed by atoms with Crippen LogP contribution in [0.4, 0.5) is 0 Å². The summed E-state index contributed by atoms with van der Waals surface area (Å²) in [6.45, 7) is 7.47. The highest BCUT2D eigenvalue weighted by Crippen LogP contribution is 1.88. The second-order valence-corrected chi connectivity index (χ2v) is 3.86. The number of nitrogens with zero attached hydrogens (tertiary/aromatic N) is 1. The van der Waals surface area contributed by atoms with Gasteiger partial charge in [0.25, 0.3) is 0 Å². The van der Waals surface area contributed by atoms with E-state index in [0.717, 1.165) is 0 Å². The summed E-state index contributed by atoms with van der Waals surface area (Å²) in [5.74, 6) is 0.411. The van der Waals surface area contributed by atoms with Gasteiger partial charge in [0, 0.05) is 13.1 Å². The van der Waals surface area contributed by atoms with Crippen molar-refractivity contribution in [1.29, 1.82) is 5.26 Å². The van der Waals surface area contributed by atoms with Crippen LogP contribution in [0.15, 0.2) is 0 Å². The number of hydrogen-bond acceptors (Lipinski definition) is 3. The van der Waals surface area contributed by atoms with Crippen LogP contribution in [-0.2, 0) is 4.79 Å². The van der Waals surface area contributed by atoms with Crippen molar-refractivity contribution in [2.24, 2.45) is 11.8 Å². The Morgan fingerprint density at radius 1 is 1.36 bits per heavy atom. The first kappa shape index (κ1) is 12.9.